The third-order valence-electron chi connectivity index (χ3n) is 1.23. The van der Waals surface area contributed by atoms with Crippen LogP contribution in [0.5, 0.6) is 0 Å². The molecule has 56 valence electrons. The molecule has 0 atom stereocenters. The van der Waals surface area contributed by atoms with Gasteiger partial charge in [-0.1, -0.05) is 42.4 Å². The van der Waals surface area contributed by atoms with E-state index >= 15 is 0 Å². The van der Waals surface area contributed by atoms with Crippen molar-refractivity contribution in [2.24, 2.45) is 0 Å². The SMILES string of the molecule is ClB(Cl)/C=C/c1ccccc1. The van der Waals surface area contributed by atoms with Crippen molar-refractivity contribution in [1.82, 2.24) is 0 Å². The first-order valence-corrected chi connectivity index (χ1v) is 4.18. The lowest BCUT2D eigenvalue weighted by atomic mass is 10.0. The van der Waals surface area contributed by atoms with Gasteiger partial charge in [0.2, 0.25) is 0 Å². The van der Waals surface area contributed by atoms with Crippen molar-refractivity contribution in [1.29, 1.82) is 0 Å². The van der Waals surface area contributed by atoms with Gasteiger partial charge in [-0.3, -0.25) is 0 Å². The fraction of sp³-hybridized carbons (Fsp3) is 0. The van der Waals surface area contributed by atoms with E-state index < -0.39 is 5.54 Å². The van der Waals surface area contributed by atoms with Crippen LogP contribution in [0.3, 0.4) is 0 Å². The highest BCUT2D eigenvalue weighted by Gasteiger charge is 1.96. The van der Waals surface area contributed by atoms with Crippen LogP contribution in [-0.2, 0) is 0 Å². The van der Waals surface area contributed by atoms with Gasteiger partial charge in [0.05, 0.1) is 0 Å². The number of hydrogen-bond donors (Lipinski definition) is 0. The molecule has 11 heavy (non-hydrogen) atoms. The van der Waals surface area contributed by atoms with Crippen LogP contribution in [0.4, 0.5) is 0 Å². The second-order valence-electron chi connectivity index (χ2n) is 2.10. The maximum absolute atomic E-state index is 5.51. The van der Waals surface area contributed by atoms with Gasteiger partial charge >= 0.3 is 5.54 Å². The van der Waals surface area contributed by atoms with Crippen LogP contribution < -0.4 is 0 Å². The molecule has 0 aliphatic rings. The first kappa shape index (κ1) is 8.70. The summed E-state index contributed by atoms with van der Waals surface area (Å²) < 4.78 is 0. The molecule has 0 saturated heterocycles. The van der Waals surface area contributed by atoms with Crippen LogP contribution in [0.25, 0.3) is 6.08 Å². The fourth-order valence-electron chi connectivity index (χ4n) is 0.748. The van der Waals surface area contributed by atoms with Gasteiger partial charge in [-0.2, -0.15) is 22.9 Å². The van der Waals surface area contributed by atoms with E-state index in [1.54, 1.807) is 5.98 Å². The molecule has 0 radical (unpaired) electrons. The molecule has 0 N–H and O–H groups in total. The van der Waals surface area contributed by atoms with E-state index in [0.717, 1.165) is 5.56 Å². The molecule has 0 saturated carbocycles. The maximum atomic E-state index is 5.51. The molecule has 0 nitrogen and oxygen atoms in total. The molecule has 0 aromatic heterocycles. The van der Waals surface area contributed by atoms with Gasteiger partial charge in [-0.05, 0) is 5.56 Å². The van der Waals surface area contributed by atoms with Gasteiger partial charge in [0.25, 0.3) is 0 Å². The zero-order valence-corrected chi connectivity index (χ0v) is 7.39. The molecule has 0 spiro atoms. The van der Waals surface area contributed by atoms with E-state index in [0.29, 0.717) is 0 Å². The molecular weight excluding hydrogens is 178 g/mol. The maximum Gasteiger partial charge on any atom is 0.375 e. The summed E-state index contributed by atoms with van der Waals surface area (Å²) in [6, 6.07) is 9.89. The zero-order chi connectivity index (χ0) is 8.10. The molecule has 0 aliphatic heterocycles. The minimum atomic E-state index is -0.421. The third kappa shape index (κ3) is 3.50. The van der Waals surface area contributed by atoms with Crippen LogP contribution in [0.1, 0.15) is 5.56 Å². The van der Waals surface area contributed by atoms with Crippen LogP contribution in [0.15, 0.2) is 36.3 Å². The van der Waals surface area contributed by atoms with E-state index in [9.17, 15) is 0 Å². The van der Waals surface area contributed by atoms with E-state index in [2.05, 4.69) is 0 Å². The molecular formula is C8H7BCl2. The predicted octanol–water partition coefficient (Wildman–Crippen LogP) is 3.20. The van der Waals surface area contributed by atoms with E-state index in [1.807, 2.05) is 36.4 Å². The molecule has 3 heteroatoms. The highest BCUT2D eigenvalue weighted by atomic mass is 35.5. The van der Waals surface area contributed by atoms with Crippen molar-refractivity contribution in [3.05, 3.63) is 41.9 Å². The van der Waals surface area contributed by atoms with E-state index in [-0.39, 0.29) is 0 Å². The number of hydrogen-bond acceptors (Lipinski definition) is 0. The van der Waals surface area contributed by atoms with Crippen LogP contribution >= 0.6 is 22.9 Å². The van der Waals surface area contributed by atoms with Gasteiger partial charge in [0, 0.05) is 0 Å². The van der Waals surface area contributed by atoms with Gasteiger partial charge in [0.1, 0.15) is 0 Å². The lowest BCUT2D eigenvalue weighted by molar-refractivity contribution is 1.66. The van der Waals surface area contributed by atoms with E-state index in [1.165, 1.54) is 0 Å². The highest BCUT2D eigenvalue weighted by molar-refractivity contribution is 7.36. The number of benzene rings is 1. The normalized spacial score (nSPS) is 10.4. The Bertz CT molecular complexity index is 231. The molecule has 1 rings (SSSR count). The largest absolute Gasteiger partial charge is 0.375 e. The Hall–Kier alpha value is -0.395. The molecule has 0 unspecified atom stereocenters. The first-order chi connectivity index (χ1) is 5.29. The van der Waals surface area contributed by atoms with Crippen LogP contribution in [0.2, 0.25) is 0 Å². The monoisotopic (exact) mass is 184 g/mol. The first-order valence-electron chi connectivity index (χ1n) is 3.30. The fourth-order valence-corrected chi connectivity index (χ4v) is 0.893. The summed E-state index contributed by atoms with van der Waals surface area (Å²) in [5, 5.41) is 0. The van der Waals surface area contributed by atoms with Crippen LogP contribution in [-0.4, -0.2) is 5.54 Å². The van der Waals surface area contributed by atoms with Crippen molar-refractivity contribution in [3.8, 4) is 0 Å². The van der Waals surface area contributed by atoms with Crippen molar-refractivity contribution >= 4 is 34.5 Å². The molecule has 0 aliphatic carbocycles. The summed E-state index contributed by atoms with van der Waals surface area (Å²) in [5.74, 6) is 1.73. The quantitative estimate of drug-likeness (QED) is 0.620. The second kappa shape index (κ2) is 4.48. The Balaban J connectivity index is 2.65. The Morgan fingerprint density at radius 2 is 1.73 bits per heavy atom. The summed E-state index contributed by atoms with van der Waals surface area (Å²) in [6.45, 7) is 0. The molecule has 0 amide bonds. The third-order valence-corrected chi connectivity index (χ3v) is 1.52. The molecule has 0 fully saturated rings. The van der Waals surface area contributed by atoms with Crippen molar-refractivity contribution in [2.45, 2.75) is 0 Å². The predicted molar refractivity (Wildman–Crippen MR) is 52.9 cm³/mol. The second-order valence-corrected chi connectivity index (χ2v) is 3.27. The molecule has 1 aromatic rings. The topological polar surface area (TPSA) is 0 Å². The lowest BCUT2D eigenvalue weighted by Gasteiger charge is -1.89. The molecule has 0 heterocycles. The minimum absolute atomic E-state index is 0.421. The standard InChI is InChI=1S/C8H7BCl2/c10-9(11)7-6-8-4-2-1-3-5-8/h1-7H/b7-6+. The summed E-state index contributed by atoms with van der Waals surface area (Å²) in [7, 11) is 0. The van der Waals surface area contributed by atoms with Crippen LogP contribution in [0, 0.1) is 0 Å². The smallest absolute Gasteiger partial charge is 0.165 e. The van der Waals surface area contributed by atoms with Crippen molar-refractivity contribution in [2.75, 3.05) is 0 Å². The van der Waals surface area contributed by atoms with Gasteiger partial charge < -0.3 is 0 Å². The summed E-state index contributed by atoms with van der Waals surface area (Å²) in [5.41, 5.74) is 0.689. The Labute approximate surface area is 76.7 Å². The number of halogens is 2. The number of rotatable bonds is 2. The average Bonchev–Trinajstić information content (AvgIpc) is 2.03. The summed E-state index contributed by atoms with van der Waals surface area (Å²) in [4.78, 5) is 0. The van der Waals surface area contributed by atoms with Gasteiger partial charge in [-0.25, -0.2) is 0 Å². The Kier molecular flexibility index (Phi) is 3.54. The van der Waals surface area contributed by atoms with Crippen molar-refractivity contribution < 1.29 is 0 Å². The lowest BCUT2D eigenvalue weighted by Crippen LogP contribution is -1.82. The van der Waals surface area contributed by atoms with Crippen molar-refractivity contribution in [3.63, 3.8) is 0 Å². The average molecular weight is 185 g/mol. The Morgan fingerprint density at radius 1 is 1.09 bits per heavy atom. The van der Waals surface area contributed by atoms with Gasteiger partial charge in [0.15, 0.2) is 0 Å². The van der Waals surface area contributed by atoms with Gasteiger partial charge in [-0.15, -0.1) is 0 Å². The molecule has 1 aromatic carbocycles. The Morgan fingerprint density at radius 3 is 2.27 bits per heavy atom. The molecule has 0 bridgehead atoms. The summed E-state index contributed by atoms with van der Waals surface area (Å²) >= 11 is 11.0. The highest BCUT2D eigenvalue weighted by Crippen LogP contribution is 2.04. The van der Waals surface area contributed by atoms with E-state index in [4.69, 9.17) is 22.9 Å². The minimum Gasteiger partial charge on any atom is -0.165 e. The zero-order valence-electron chi connectivity index (χ0n) is 5.87. The summed E-state index contributed by atoms with van der Waals surface area (Å²) in [6.07, 6.45) is 1.89.